The van der Waals surface area contributed by atoms with Crippen molar-refractivity contribution >= 4 is 0 Å². The van der Waals surface area contributed by atoms with E-state index in [0.717, 1.165) is 18.8 Å². The molecule has 0 amide bonds. The fraction of sp³-hybridized carbons (Fsp3) is 0.875. The van der Waals surface area contributed by atoms with Gasteiger partial charge in [0.15, 0.2) is 5.82 Å². The maximum atomic E-state index is 4.74. The largest absolute Gasteiger partial charge is 0.304 e. The van der Waals surface area contributed by atoms with Crippen LogP contribution in [0.15, 0.2) is 0 Å². The number of fused-ring (bicyclic) bond motifs is 1. The molecule has 1 aromatic rings. The van der Waals surface area contributed by atoms with E-state index in [0.29, 0.717) is 18.1 Å². The summed E-state index contributed by atoms with van der Waals surface area (Å²) in [5, 5.41) is 8.47. The van der Waals surface area contributed by atoms with E-state index in [2.05, 4.69) is 40.8 Å². The van der Waals surface area contributed by atoms with Crippen molar-refractivity contribution in [2.24, 2.45) is 0 Å². The Morgan fingerprint density at radius 1 is 1.19 bits per heavy atom. The number of hydrogen-bond acceptors (Lipinski definition) is 4. The minimum Gasteiger partial charge on any atom is -0.304 e. The highest BCUT2D eigenvalue weighted by Gasteiger charge is 2.28. The first-order chi connectivity index (χ1) is 10.2. The molecule has 5 heteroatoms. The van der Waals surface area contributed by atoms with Gasteiger partial charge in [-0.3, -0.25) is 0 Å². The first kappa shape index (κ1) is 15.0. The Kier molecular flexibility index (Phi) is 4.60. The highest BCUT2D eigenvalue weighted by Crippen LogP contribution is 2.25. The molecule has 1 fully saturated rings. The predicted octanol–water partition coefficient (Wildman–Crippen LogP) is 2.14. The molecule has 1 unspecified atom stereocenters. The number of hydrogen-bond donors (Lipinski definition) is 1. The third-order valence-electron chi connectivity index (χ3n) is 4.93. The molecule has 1 N–H and O–H groups in total. The molecule has 0 aliphatic carbocycles. The van der Waals surface area contributed by atoms with Gasteiger partial charge in [0.25, 0.3) is 0 Å². The lowest BCUT2D eigenvalue weighted by molar-refractivity contribution is 0.152. The predicted molar refractivity (Wildman–Crippen MR) is 84.2 cm³/mol. The normalized spacial score (nSPS) is 24.5. The van der Waals surface area contributed by atoms with Crippen molar-refractivity contribution in [1.29, 1.82) is 0 Å². The van der Waals surface area contributed by atoms with Crippen LogP contribution in [0, 0.1) is 0 Å². The van der Waals surface area contributed by atoms with Gasteiger partial charge in [-0.05, 0) is 52.6 Å². The Bertz CT molecular complexity index is 459. The van der Waals surface area contributed by atoms with Crippen LogP contribution < -0.4 is 5.32 Å². The van der Waals surface area contributed by atoms with E-state index in [1.165, 1.54) is 44.6 Å². The van der Waals surface area contributed by atoms with Gasteiger partial charge in [0.1, 0.15) is 5.82 Å². The summed E-state index contributed by atoms with van der Waals surface area (Å²) in [5.41, 5.74) is 0. The lowest BCUT2D eigenvalue weighted by Crippen LogP contribution is -2.46. The summed E-state index contributed by atoms with van der Waals surface area (Å²) in [6.07, 6.45) is 5.85. The van der Waals surface area contributed by atoms with E-state index in [-0.39, 0.29) is 0 Å². The summed E-state index contributed by atoms with van der Waals surface area (Å²) in [6.45, 7) is 10.2. The average Bonchev–Trinajstić information content (AvgIpc) is 2.92. The van der Waals surface area contributed by atoms with Crippen LogP contribution in [-0.4, -0.2) is 44.8 Å². The molecule has 3 rings (SSSR count). The van der Waals surface area contributed by atoms with Crippen molar-refractivity contribution in [2.45, 2.75) is 77.5 Å². The van der Waals surface area contributed by atoms with Crippen molar-refractivity contribution in [3.8, 4) is 0 Å². The van der Waals surface area contributed by atoms with Crippen LogP contribution >= 0.6 is 0 Å². The Morgan fingerprint density at radius 3 is 2.62 bits per heavy atom. The molecule has 21 heavy (non-hydrogen) atoms. The van der Waals surface area contributed by atoms with Crippen molar-refractivity contribution in [1.82, 2.24) is 25.0 Å². The number of piperidine rings is 1. The van der Waals surface area contributed by atoms with Gasteiger partial charge in [-0.2, -0.15) is 5.10 Å². The number of aryl methyl sites for hydroxylation is 2. The molecule has 0 radical (unpaired) electrons. The third-order valence-corrected chi connectivity index (χ3v) is 4.93. The SMILES string of the molecule is CCc1nc2n(n1)CCCC2NC1CCN(C(C)C)CC1. The molecule has 5 nitrogen and oxygen atoms in total. The van der Waals surface area contributed by atoms with E-state index < -0.39 is 0 Å². The van der Waals surface area contributed by atoms with Crippen LogP contribution in [0.25, 0.3) is 0 Å². The molecule has 1 aromatic heterocycles. The summed E-state index contributed by atoms with van der Waals surface area (Å²) < 4.78 is 2.13. The van der Waals surface area contributed by atoms with Gasteiger partial charge in [0.05, 0.1) is 6.04 Å². The maximum Gasteiger partial charge on any atom is 0.150 e. The quantitative estimate of drug-likeness (QED) is 0.923. The summed E-state index contributed by atoms with van der Waals surface area (Å²) >= 11 is 0. The molecule has 0 saturated carbocycles. The van der Waals surface area contributed by atoms with Gasteiger partial charge in [0.2, 0.25) is 0 Å². The number of rotatable bonds is 4. The third kappa shape index (κ3) is 3.29. The fourth-order valence-corrected chi connectivity index (χ4v) is 3.57. The van der Waals surface area contributed by atoms with E-state index in [9.17, 15) is 0 Å². The second kappa shape index (κ2) is 6.44. The van der Waals surface area contributed by atoms with E-state index in [4.69, 9.17) is 4.98 Å². The number of nitrogens with zero attached hydrogens (tertiary/aromatic N) is 4. The molecule has 0 spiro atoms. The Morgan fingerprint density at radius 2 is 1.95 bits per heavy atom. The molecule has 0 aromatic carbocycles. The van der Waals surface area contributed by atoms with Gasteiger partial charge >= 0.3 is 0 Å². The number of nitrogens with one attached hydrogen (secondary N) is 1. The second-order valence-electron chi connectivity index (χ2n) is 6.73. The summed E-state index contributed by atoms with van der Waals surface area (Å²) in [5.74, 6) is 2.16. The Labute approximate surface area is 128 Å². The van der Waals surface area contributed by atoms with Crippen LogP contribution in [0.4, 0.5) is 0 Å². The van der Waals surface area contributed by atoms with Crippen LogP contribution in [0.1, 0.15) is 64.1 Å². The molecule has 1 atom stereocenters. The van der Waals surface area contributed by atoms with Crippen LogP contribution in [0.3, 0.4) is 0 Å². The fourth-order valence-electron chi connectivity index (χ4n) is 3.57. The van der Waals surface area contributed by atoms with E-state index >= 15 is 0 Å². The standard InChI is InChI=1S/C16H29N5/c1-4-15-18-16-14(6-5-9-21(16)19-15)17-13-7-10-20(11-8-13)12(2)3/h12-14,17H,4-11H2,1-3H3. The molecular weight excluding hydrogens is 262 g/mol. The van der Waals surface area contributed by atoms with Crippen LogP contribution in [-0.2, 0) is 13.0 Å². The zero-order valence-corrected chi connectivity index (χ0v) is 13.7. The smallest absolute Gasteiger partial charge is 0.150 e. The summed E-state index contributed by atoms with van der Waals surface area (Å²) in [4.78, 5) is 7.32. The minimum atomic E-state index is 0.405. The van der Waals surface area contributed by atoms with E-state index in [1.54, 1.807) is 0 Å². The lowest BCUT2D eigenvalue weighted by Gasteiger charge is -2.37. The number of likely N-dealkylation sites (tertiary alicyclic amines) is 1. The second-order valence-corrected chi connectivity index (χ2v) is 6.73. The van der Waals surface area contributed by atoms with E-state index in [1.807, 2.05) is 0 Å². The summed E-state index contributed by atoms with van der Waals surface area (Å²) in [6, 6.07) is 1.72. The van der Waals surface area contributed by atoms with Crippen molar-refractivity contribution in [3.63, 3.8) is 0 Å². The zero-order chi connectivity index (χ0) is 14.8. The van der Waals surface area contributed by atoms with Crippen molar-refractivity contribution in [3.05, 3.63) is 11.6 Å². The first-order valence-corrected chi connectivity index (χ1v) is 8.61. The van der Waals surface area contributed by atoms with Gasteiger partial charge in [-0.25, -0.2) is 9.67 Å². The summed E-state index contributed by atoms with van der Waals surface area (Å²) in [7, 11) is 0. The molecule has 1 saturated heterocycles. The van der Waals surface area contributed by atoms with Crippen molar-refractivity contribution < 1.29 is 0 Å². The van der Waals surface area contributed by atoms with Gasteiger partial charge < -0.3 is 10.2 Å². The van der Waals surface area contributed by atoms with Crippen LogP contribution in [0.5, 0.6) is 0 Å². The lowest BCUT2D eigenvalue weighted by atomic mass is 10.00. The van der Waals surface area contributed by atoms with Gasteiger partial charge in [-0.1, -0.05) is 6.92 Å². The highest BCUT2D eigenvalue weighted by atomic mass is 15.4. The molecule has 2 aliphatic rings. The zero-order valence-electron chi connectivity index (χ0n) is 13.7. The molecule has 2 aliphatic heterocycles. The van der Waals surface area contributed by atoms with Crippen molar-refractivity contribution in [2.75, 3.05) is 13.1 Å². The first-order valence-electron chi connectivity index (χ1n) is 8.61. The molecule has 118 valence electrons. The monoisotopic (exact) mass is 291 g/mol. The Balaban J connectivity index is 1.61. The highest BCUT2D eigenvalue weighted by molar-refractivity contribution is 5.03. The number of aromatic nitrogens is 3. The maximum absolute atomic E-state index is 4.74. The van der Waals surface area contributed by atoms with Gasteiger partial charge in [0, 0.05) is 25.0 Å². The van der Waals surface area contributed by atoms with Crippen LogP contribution in [0.2, 0.25) is 0 Å². The molecule has 0 bridgehead atoms. The minimum absolute atomic E-state index is 0.405. The topological polar surface area (TPSA) is 46.0 Å². The average molecular weight is 291 g/mol. The molecular formula is C16H29N5. The Hall–Kier alpha value is -0.940. The van der Waals surface area contributed by atoms with Gasteiger partial charge in [-0.15, -0.1) is 0 Å². The molecule has 3 heterocycles.